The molecule has 9 heteroatoms. The van der Waals surface area contributed by atoms with Gasteiger partial charge in [-0.2, -0.15) is 0 Å². The summed E-state index contributed by atoms with van der Waals surface area (Å²) >= 11 is 6.44. The van der Waals surface area contributed by atoms with Gasteiger partial charge in [-0.3, -0.25) is 14.5 Å². The number of methoxy groups -OCH3 is 1. The van der Waals surface area contributed by atoms with Gasteiger partial charge in [-0.25, -0.2) is 0 Å². The number of hydrogen-bond donors (Lipinski definition) is 1. The van der Waals surface area contributed by atoms with Crippen molar-refractivity contribution in [3.63, 3.8) is 0 Å². The van der Waals surface area contributed by atoms with Crippen LogP contribution >= 0.6 is 11.6 Å². The van der Waals surface area contributed by atoms with Gasteiger partial charge >= 0.3 is 0 Å². The van der Waals surface area contributed by atoms with Gasteiger partial charge < -0.3 is 25.0 Å². The van der Waals surface area contributed by atoms with Crippen molar-refractivity contribution in [3.05, 3.63) is 137 Å². The summed E-state index contributed by atoms with van der Waals surface area (Å²) in [6, 6.07) is 37.7. The maximum absolute atomic E-state index is 14.3. The Labute approximate surface area is 285 Å². The van der Waals surface area contributed by atoms with E-state index in [1.165, 1.54) is 4.90 Å². The normalized spacial score (nSPS) is 12.8. The van der Waals surface area contributed by atoms with Gasteiger partial charge in [0.05, 0.1) is 18.5 Å². The number of halogens is 1. The molecule has 8 nitrogen and oxygen atoms in total. The highest BCUT2D eigenvalue weighted by atomic mass is 35.5. The molecule has 1 saturated heterocycles. The Morgan fingerprint density at radius 3 is 2.21 bits per heavy atom. The van der Waals surface area contributed by atoms with Crippen LogP contribution < -0.4 is 25.0 Å². The van der Waals surface area contributed by atoms with Crippen LogP contribution in [0.1, 0.15) is 15.9 Å². The van der Waals surface area contributed by atoms with Crippen LogP contribution in [-0.2, 0) is 11.3 Å². The first-order chi connectivity index (χ1) is 23.4. The first kappa shape index (κ1) is 32.6. The minimum atomic E-state index is -0.335. The number of carbonyl (C=O) groups is 2. The predicted molar refractivity (Wildman–Crippen MR) is 191 cm³/mol. The van der Waals surface area contributed by atoms with Crippen molar-refractivity contribution in [2.75, 3.05) is 49.6 Å². The fourth-order valence-corrected chi connectivity index (χ4v) is 6.00. The molecular formula is C39H37ClN4O4. The van der Waals surface area contributed by atoms with Gasteiger partial charge in [0.25, 0.3) is 5.91 Å². The molecule has 48 heavy (non-hydrogen) atoms. The average Bonchev–Trinajstić information content (AvgIpc) is 3.14. The lowest BCUT2D eigenvalue weighted by atomic mass is 10.0. The van der Waals surface area contributed by atoms with Gasteiger partial charge in [-0.1, -0.05) is 78.3 Å². The molecule has 0 unspecified atom stereocenters. The van der Waals surface area contributed by atoms with Crippen LogP contribution in [0.5, 0.6) is 17.2 Å². The van der Waals surface area contributed by atoms with Gasteiger partial charge in [-0.15, -0.1) is 0 Å². The second kappa shape index (κ2) is 15.1. The molecular weight excluding hydrogens is 624 g/mol. The van der Waals surface area contributed by atoms with Crippen molar-refractivity contribution >= 4 is 34.8 Å². The minimum absolute atomic E-state index is 0.171. The molecule has 0 bridgehead atoms. The van der Waals surface area contributed by atoms with Crippen LogP contribution in [0.15, 0.2) is 121 Å². The zero-order valence-electron chi connectivity index (χ0n) is 26.7. The lowest BCUT2D eigenvalue weighted by Crippen LogP contribution is -2.52. The molecule has 0 atom stereocenters. The molecule has 0 aromatic heterocycles. The minimum Gasteiger partial charge on any atom is -0.495 e. The smallest absolute Gasteiger partial charge is 0.258 e. The van der Waals surface area contributed by atoms with E-state index in [4.69, 9.17) is 26.8 Å². The Hall–Kier alpha value is -5.31. The predicted octanol–water partition coefficient (Wildman–Crippen LogP) is 7.26. The molecule has 244 valence electrons. The quantitative estimate of drug-likeness (QED) is 0.170. The van der Waals surface area contributed by atoms with Gasteiger partial charge in [0.2, 0.25) is 5.91 Å². The van der Waals surface area contributed by atoms with Crippen LogP contribution in [0, 0.1) is 0 Å². The summed E-state index contributed by atoms with van der Waals surface area (Å²) in [6.45, 7) is 2.43. The molecule has 0 aliphatic carbocycles. The van der Waals surface area contributed by atoms with E-state index in [0.717, 1.165) is 28.1 Å². The number of piperazine rings is 1. The van der Waals surface area contributed by atoms with Crippen LogP contribution in [-0.4, -0.2) is 56.5 Å². The van der Waals surface area contributed by atoms with E-state index in [-0.39, 0.29) is 18.4 Å². The van der Waals surface area contributed by atoms with E-state index in [0.29, 0.717) is 60.5 Å². The van der Waals surface area contributed by atoms with Crippen LogP contribution in [0.25, 0.3) is 11.1 Å². The number of carbonyl (C=O) groups excluding carboxylic acids is 2. The van der Waals surface area contributed by atoms with Crippen molar-refractivity contribution in [1.82, 2.24) is 4.90 Å². The summed E-state index contributed by atoms with van der Waals surface area (Å²) < 4.78 is 11.9. The maximum atomic E-state index is 14.3. The standard InChI is InChI=1S/C39H37ClN4O4/c1-47-36-13-6-5-12-34(36)42-20-22-43(23-21-42)38(45)27-44(39(46)31-16-14-30(15-17-31)29-9-3-2-4-10-29)35-19-18-32(40)25-37(35)48-33-11-7-8-28(24-33)26-41/h2-19,24-25H,20-23,26-27,41H2,1H3. The lowest BCUT2D eigenvalue weighted by Gasteiger charge is -2.37. The lowest BCUT2D eigenvalue weighted by molar-refractivity contribution is -0.129. The Balaban J connectivity index is 1.29. The van der Waals surface area contributed by atoms with E-state index in [9.17, 15) is 9.59 Å². The highest BCUT2D eigenvalue weighted by Gasteiger charge is 2.29. The first-order valence-electron chi connectivity index (χ1n) is 15.8. The summed E-state index contributed by atoms with van der Waals surface area (Å²) in [4.78, 5) is 33.8. The Bertz CT molecular complexity index is 1880. The Kier molecular flexibility index (Phi) is 10.2. The number of ether oxygens (including phenoxy) is 2. The average molecular weight is 661 g/mol. The molecule has 5 aromatic carbocycles. The zero-order chi connectivity index (χ0) is 33.5. The third-order valence-corrected chi connectivity index (χ3v) is 8.65. The topological polar surface area (TPSA) is 88.3 Å². The van der Waals surface area contributed by atoms with E-state index >= 15 is 0 Å². The molecule has 0 spiro atoms. The fourth-order valence-electron chi connectivity index (χ4n) is 5.84. The van der Waals surface area contributed by atoms with Crippen molar-refractivity contribution in [1.29, 1.82) is 0 Å². The monoisotopic (exact) mass is 660 g/mol. The number of anilines is 2. The highest BCUT2D eigenvalue weighted by molar-refractivity contribution is 6.31. The molecule has 1 aliphatic rings. The number of benzene rings is 5. The van der Waals surface area contributed by atoms with Crippen molar-refractivity contribution in [3.8, 4) is 28.4 Å². The second-order valence-corrected chi connectivity index (χ2v) is 11.9. The van der Waals surface area contributed by atoms with E-state index < -0.39 is 0 Å². The fraction of sp³-hybridized carbons (Fsp3) is 0.179. The molecule has 6 rings (SSSR count). The largest absolute Gasteiger partial charge is 0.495 e. The van der Waals surface area contributed by atoms with Gasteiger partial charge in [-0.05, 0) is 65.2 Å². The number of para-hydroxylation sites is 2. The van der Waals surface area contributed by atoms with E-state index in [1.807, 2.05) is 91.0 Å². The Morgan fingerprint density at radius 2 is 1.48 bits per heavy atom. The first-order valence-corrected chi connectivity index (χ1v) is 16.2. The molecule has 2 N–H and O–H groups in total. The van der Waals surface area contributed by atoms with Crippen LogP contribution in [0.4, 0.5) is 11.4 Å². The molecule has 2 amide bonds. The van der Waals surface area contributed by atoms with Crippen molar-refractivity contribution in [2.45, 2.75) is 6.54 Å². The van der Waals surface area contributed by atoms with E-state index in [2.05, 4.69) is 4.90 Å². The second-order valence-electron chi connectivity index (χ2n) is 11.4. The molecule has 1 fully saturated rings. The number of nitrogens with two attached hydrogens (primary N) is 1. The summed E-state index contributed by atoms with van der Waals surface area (Å²) in [5.74, 6) is 1.17. The number of rotatable bonds is 10. The summed E-state index contributed by atoms with van der Waals surface area (Å²) in [6.07, 6.45) is 0. The van der Waals surface area contributed by atoms with Gasteiger partial charge in [0.15, 0.2) is 5.75 Å². The molecule has 0 saturated carbocycles. The van der Waals surface area contributed by atoms with Crippen LogP contribution in [0.3, 0.4) is 0 Å². The Morgan fingerprint density at radius 1 is 0.771 bits per heavy atom. The van der Waals surface area contributed by atoms with E-state index in [1.54, 1.807) is 42.3 Å². The van der Waals surface area contributed by atoms with Crippen molar-refractivity contribution < 1.29 is 19.1 Å². The molecule has 1 heterocycles. The SMILES string of the molecule is COc1ccccc1N1CCN(C(=O)CN(C(=O)c2ccc(-c3ccccc3)cc2)c2ccc(Cl)cc2Oc2cccc(CN)c2)CC1. The van der Waals surface area contributed by atoms with Gasteiger partial charge in [0, 0.05) is 49.4 Å². The van der Waals surface area contributed by atoms with Gasteiger partial charge in [0.1, 0.15) is 18.0 Å². The molecule has 0 radical (unpaired) electrons. The zero-order valence-corrected chi connectivity index (χ0v) is 27.5. The number of nitrogens with zero attached hydrogens (tertiary/aromatic N) is 3. The summed E-state index contributed by atoms with van der Waals surface area (Å²) in [7, 11) is 1.66. The van der Waals surface area contributed by atoms with Crippen molar-refractivity contribution in [2.24, 2.45) is 5.73 Å². The van der Waals surface area contributed by atoms with Crippen LogP contribution in [0.2, 0.25) is 5.02 Å². The third kappa shape index (κ3) is 7.46. The highest BCUT2D eigenvalue weighted by Crippen LogP contribution is 2.36. The third-order valence-electron chi connectivity index (χ3n) is 8.41. The molecule has 5 aromatic rings. The number of amides is 2. The summed E-state index contributed by atoms with van der Waals surface area (Å²) in [5, 5.41) is 0.433. The maximum Gasteiger partial charge on any atom is 0.258 e. The number of hydrogen-bond acceptors (Lipinski definition) is 6. The summed E-state index contributed by atoms with van der Waals surface area (Å²) in [5.41, 5.74) is 10.6. The molecule has 1 aliphatic heterocycles.